The third kappa shape index (κ3) is 2.91. The second-order valence-electron chi connectivity index (χ2n) is 3.17. The van der Waals surface area contributed by atoms with Gasteiger partial charge in [0, 0.05) is 16.5 Å². The van der Waals surface area contributed by atoms with E-state index in [1.165, 1.54) is 6.07 Å². The van der Waals surface area contributed by atoms with Gasteiger partial charge in [-0.1, -0.05) is 34.7 Å². The number of rotatable bonds is 4. The molecule has 0 atom stereocenters. The zero-order chi connectivity index (χ0) is 12.1. The fraction of sp³-hybridized carbons (Fsp3) is 0.300. The first-order chi connectivity index (χ1) is 7.57. The Balaban J connectivity index is 3.08. The van der Waals surface area contributed by atoms with Crippen LogP contribution in [0.1, 0.15) is 15.9 Å². The first kappa shape index (κ1) is 12.9. The Kier molecular flexibility index (Phi) is 4.66. The van der Waals surface area contributed by atoms with Crippen LogP contribution in [0.25, 0.3) is 0 Å². The van der Waals surface area contributed by atoms with E-state index in [0.717, 1.165) is 4.43 Å². The predicted octanol–water partition coefficient (Wildman–Crippen LogP) is 2.07. The number of aryl methyl sites for hydroxylation is 1. The first-order valence-electron chi connectivity index (χ1n) is 4.66. The Bertz CT molecular complexity index is 421. The van der Waals surface area contributed by atoms with Gasteiger partial charge in [-0.3, -0.25) is 14.9 Å². The minimum Gasteiger partial charge on any atom is -0.351 e. The van der Waals surface area contributed by atoms with Crippen LogP contribution in [0.4, 0.5) is 5.69 Å². The maximum atomic E-state index is 11.7. The van der Waals surface area contributed by atoms with E-state index < -0.39 is 10.8 Å². The van der Waals surface area contributed by atoms with Crippen molar-refractivity contribution in [3.63, 3.8) is 0 Å². The van der Waals surface area contributed by atoms with E-state index in [1.54, 1.807) is 19.1 Å². The largest absolute Gasteiger partial charge is 0.351 e. The number of alkyl halides is 1. The van der Waals surface area contributed by atoms with E-state index in [-0.39, 0.29) is 11.3 Å². The predicted molar refractivity (Wildman–Crippen MR) is 69.1 cm³/mol. The van der Waals surface area contributed by atoms with E-state index in [1.807, 2.05) is 0 Å². The zero-order valence-corrected chi connectivity index (χ0v) is 10.9. The van der Waals surface area contributed by atoms with E-state index in [9.17, 15) is 14.9 Å². The van der Waals surface area contributed by atoms with Gasteiger partial charge in [0.15, 0.2) is 0 Å². The molecule has 0 bridgehead atoms. The molecule has 1 aromatic rings. The Hall–Kier alpha value is -1.18. The standard InChI is InChI=1S/C10H11IN2O3/c1-7-3-2-4-8(9(7)13(15)16)10(14)12-6-5-11/h2-4H,5-6H2,1H3,(H,12,14). The molecule has 1 rings (SSSR count). The Morgan fingerprint density at radius 1 is 1.56 bits per heavy atom. The lowest BCUT2D eigenvalue weighted by molar-refractivity contribution is -0.385. The fourth-order valence-electron chi connectivity index (χ4n) is 1.34. The molecule has 0 saturated carbocycles. The summed E-state index contributed by atoms with van der Waals surface area (Å²) in [6.45, 7) is 2.12. The van der Waals surface area contributed by atoms with Gasteiger partial charge >= 0.3 is 0 Å². The molecular weight excluding hydrogens is 323 g/mol. The van der Waals surface area contributed by atoms with Gasteiger partial charge < -0.3 is 5.32 Å². The van der Waals surface area contributed by atoms with Crippen molar-refractivity contribution in [3.05, 3.63) is 39.4 Å². The summed E-state index contributed by atoms with van der Waals surface area (Å²) in [5.74, 6) is -0.396. The highest BCUT2D eigenvalue weighted by molar-refractivity contribution is 14.1. The van der Waals surface area contributed by atoms with Crippen LogP contribution in [0.5, 0.6) is 0 Å². The number of nitrogens with zero attached hydrogens (tertiary/aromatic N) is 1. The number of carbonyl (C=O) groups excluding carboxylic acids is 1. The minimum absolute atomic E-state index is 0.117. The van der Waals surface area contributed by atoms with Crippen LogP contribution in [-0.4, -0.2) is 21.8 Å². The molecule has 0 saturated heterocycles. The summed E-state index contributed by atoms with van der Waals surface area (Å²) in [6.07, 6.45) is 0. The summed E-state index contributed by atoms with van der Waals surface area (Å²) in [6, 6.07) is 4.72. The molecule has 1 aromatic carbocycles. The summed E-state index contributed by atoms with van der Waals surface area (Å²) in [7, 11) is 0. The van der Waals surface area contributed by atoms with Crippen molar-refractivity contribution in [2.75, 3.05) is 11.0 Å². The Labute approximate surface area is 107 Å². The topological polar surface area (TPSA) is 72.2 Å². The highest BCUT2D eigenvalue weighted by atomic mass is 127. The average molecular weight is 334 g/mol. The number of hydrogen-bond acceptors (Lipinski definition) is 3. The number of benzene rings is 1. The van der Waals surface area contributed by atoms with Gasteiger partial charge in [-0.2, -0.15) is 0 Å². The normalized spacial score (nSPS) is 9.88. The molecule has 0 aliphatic heterocycles. The molecule has 0 aliphatic carbocycles. The Morgan fingerprint density at radius 3 is 2.81 bits per heavy atom. The molecular formula is C10H11IN2O3. The van der Waals surface area contributed by atoms with Crippen molar-refractivity contribution < 1.29 is 9.72 Å². The summed E-state index contributed by atoms with van der Waals surface area (Å²) in [5.41, 5.74) is 0.496. The third-order valence-electron chi connectivity index (χ3n) is 2.05. The minimum atomic E-state index is -0.520. The second-order valence-corrected chi connectivity index (χ2v) is 4.25. The maximum absolute atomic E-state index is 11.7. The van der Waals surface area contributed by atoms with Crippen LogP contribution in [0.3, 0.4) is 0 Å². The van der Waals surface area contributed by atoms with Gasteiger partial charge in [0.05, 0.1) is 4.92 Å². The maximum Gasteiger partial charge on any atom is 0.285 e. The lowest BCUT2D eigenvalue weighted by Gasteiger charge is -2.05. The van der Waals surface area contributed by atoms with Crippen LogP contribution in [0, 0.1) is 17.0 Å². The molecule has 0 radical (unpaired) electrons. The van der Waals surface area contributed by atoms with Crippen molar-refractivity contribution >= 4 is 34.2 Å². The number of carbonyl (C=O) groups is 1. The number of amides is 1. The van der Waals surface area contributed by atoms with Crippen molar-refractivity contribution in [2.24, 2.45) is 0 Å². The van der Waals surface area contributed by atoms with Gasteiger partial charge in [0.1, 0.15) is 5.56 Å². The first-order valence-corrected chi connectivity index (χ1v) is 6.18. The number of para-hydroxylation sites is 1. The number of hydrogen-bond donors (Lipinski definition) is 1. The quantitative estimate of drug-likeness (QED) is 0.397. The van der Waals surface area contributed by atoms with Gasteiger partial charge in [-0.05, 0) is 13.0 Å². The molecule has 0 fully saturated rings. The summed E-state index contributed by atoms with van der Waals surface area (Å²) in [5, 5.41) is 13.5. The molecule has 0 unspecified atom stereocenters. The molecule has 1 amide bonds. The number of nitro benzene ring substituents is 1. The van der Waals surface area contributed by atoms with Gasteiger partial charge in [0.25, 0.3) is 11.6 Å². The van der Waals surface area contributed by atoms with Crippen LogP contribution in [0.2, 0.25) is 0 Å². The summed E-state index contributed by atoms with van der Waals surface area (Å²) < 4.78 is 0.767. The summed E-state index contributed by atoms with van der Waals surface area (Å²) in [4.78, 5) is 22.0. The van der Waals surface area contributed by atoms with E-state index in [0.29, 0.717) is 12.1 Å². The number of halogens is 1. The highest BCUT2D eigenvalue weighted by Crippen LogP contribution is 2.22. The number of nitrogens with one attached hydrogen (secondary N) is 1. The van der Waals surface area contributed by atoms with Crippen molar-refractivity contribution in [2.45, 2.75) is 6.92 Å². The molecule has 5 nitrogen and oxygen atoms in total. The van der Waals surface area contributed by atoms with Crippen LogP contribution < -0.4 is 5.32 Å². The van der Waals surface area contributed by atoms with Crippen molar-refractivity contribution in [1.29, 1.82) is 0 Å². The Morgan fingerprint density at radius 2 is 2.25 bits per heavy atom. The van der Waals surface area contributed by atoms with Gasteiger partial charge in [0.2, 0.25) is 0 Å². The second kappa shape index (κ2) is 5.78. The fourth-order valence-corrected chi connectivity index (χ4v) is 1.61. The molecule has 0 spiro atoms. The van der Waals surface area contributed by atoms with E-state index in [2.05, 4.69) is 27.9 Å². The zero-order valence-electron chi connectivity index (χ0n) is 8.70. The monoisotopic (exact) mass is 334 g/mol. The molecule has 0 aromatic heterocycles. The lowest BCUT2D eigenvalue weighted by Crippen LogP contribution is -2.26. The SMILES string of the molecule is Cc1cccc(C(=O)NCCI)c1[N+](=O)[O-]. The molecule has 86 valence electrons. The number of nitro groups is 1. The molecule has 0 heterocycles. The third-order valence-corrected chi connectivity index (χ3v) is 2.58. The lowest BCUT2D eigenvalue weighted by atomic mass is 10.1. The van der Waals surface area contributed by atoms with Crippen LogP contribution in [-0.2, 0) is 0 Å². The van der Waals surface area contributed by atoms with Crippen LogP contribution >= 0.6 is 22.6 Å². The van der Waals surface area contributed by atoms with Gasteiger partial charge in [-0.15, -0.1) is 0 Å². The van der Waals surface area contributed by atoms with Crippen LogP contribution in [0.15, 0.2) is 18.2 Å². The molecule has 1 N–H and O–H groups in total. The average Bonchev–Trinajstić information content (AvgIpc) is 2.24. The molecule has 0 aliphatic rings. The summed E-state index contributed by atoms with van der Waals surface area (Å²) >= 11 is 2.12. The van der Waals surface area contributed by atoms with Gasteiger partial charge in [-0.25, -0.2) is 0 Å². The molecule has 16 heavy (non-hydrogen) atoms. The van der Waals surface area contributed by atoms with E-state index >= 15 is 0 Å². The molecule has 6 heteroatoms. The highest BCUT2D eigenvalue weighted by Gasteiger charge is 2.21. The van der Waals surface area contributed by atoms with Crippen molar-refractivity contribution in [3.8, 4) is 0 Å². The smallest absolute Gasteiger partial charge is 0.285 e. The van der Waals surface area contributed by atoms with Crippen molar-refractivity contribution in [1.82, 2.24) is 5.32 Å². The van der Waals surface area contributed by atoms with E-state index in [4.69, 9.17) is 0 Å².